The topological polar surface area (TPSA) is 79.0 Å². The van der Waals surface area contributed by atoms with E-state index in [9.17, 15) is 13.2 Å². The van der Waals surface area contributed by atoms with Crippen LogP contribution in [0.4, 0.5) is 0 Å². The molecule has 0 aliphatic rings. The Morgan fingerprint density at radius 1 is 0.960 bits per heavy atom. The lowest BCUT2D eigenvalue weighted by Gasteiger charge is -2.09. The van der Waals surface area contributed by atoms with Gasteiger partial charge in [0.2, 0.25) is 10.0 Å². The van der Waals surface area contributed by atoms with Crippen molar-refractivity contribution in [2.45, 2.75) is 32.2 Å². The third kappa shape index (κ3) is 3.65. The van der Waals surface area contributed by atoms with Crippen molar-refractivity contribution in [2.24, 2.45) is 0 Å². The Kier molecular flexibility index (Phi) is 4.49. The molecule has 2 aromatic carbocycles. The van der Waals surface area contributed by atoms with Crippen molar-refractivity contribution in [3.63, 3.8) is 0 Å². The van der Waals surface area contributed by atoms with Crippen molar-refractivity contribution in [1.29, 1.82) is 0 Å². The first-order valence-corrected chi connectivity index (χ1v) is 9.44. The second-order valence-corrected chi connectivity index (χ2v) is 8.05. The van der Waals surface area contributed by atoms with Gasteiger partial charge in [-0.05, 0) is 67.6 Å². The van der Waals surface area contributed by atoms with Gasteiger partial charge in [-0.3, -0.25) is 4.79 Å². The van der Waals surface area contributed by atoms with E-state index in [0.717, 1.165) is 27.6 Å². The Morgan fingerprint density at radius 2 is 1.60 bits per heavy atom. The van der Waals surface area contributed by atoms with Crippen LogP contribution in [0.15, 0.2) is 52.2 Å². The maximum absolute atomic E-state index is 12.4. The molecule has 2 N–H and O–H groups in total. The Hall–Kier alpha value is -2.44. The van der Waals surface area contributed by atoms with E-state index in [1.165, 1.54) is 0 Å². The number of H-pyrrole nitrogens is 1. The summed E-state index contributed by atoms with van der Waals surface area (Å²) in [5.41, 5.74) is 4.03. The van der Waals surface area contributed by atoms with Crippen LogP contribution in [0.1, 0.15) is 22.3 Å². The summed E-state index contributed by atoms with van der Waals surface area (Å²) in [7, 11) is -3.66. The third-order valence-corrected chi connectivity index (χ3v) is 5.74. The van der Waals surface area contributed by atoms with Gasteiger partial charge >= 0.3 is 0 Å². The molecule has 0 amide bonds. The van der Waals surface area contributed by atoms with E-state index < -0.39 is 10.0 Å². The van der Waals surface area contributed by atoms with Crippen molar-refractivity contribution in [3.05, 3.63) is 75.1 Å². The molecule has 0 saturated heterocycles. The number of aryl methyl sites for hydroxylation is 3. The van der Waals surface area contributed by atoms with E-state index >= 15 is 0 Å². The smallest absolute Gasteiger partial charge is 0.252 e. The zero-order chi connectivity index (χ0) is 18.2. The number of pyridine rings is 1. The molecule has 6 heteroatoms. The average molecular weight is 356 g/mol. The van der Waals surface area contributed by atoms with Crippen LogP contribution in [0.2, 0.25) is 0 Å². The fourth-order valence-electron chi connectivity index (χ4n) is 2.63. The quantitative estimate of drug-likeness (QED) is 0.754. The second kappa shape index (κ2) is 6.46. The highest BCUT2D eigenvalue weighted by atomic mass is 32.2. The Morgan fingerprint density at radius 3 is 2.28 bits per heavy atom. The minimum absolute atomic E-state index is 0.0611. The summed E-state index contributed by atoms with van der Waals surface area (Å²) in [6, 6.07) is 12.2. The molecule has 0 unspecified atom stereocenters. The molecule has 5 nitrogen and oxygen atoms in total. The van der Waals surface area contributed by atoms with Gasteiger partial charge in [0.1, 0.15) is 0 Å². The van der Waals surface area contributed by atoms with Gasteiger partial charge in [0, 0.05) is 17.6 Å². The Labute approximate surface area is 146 Å². The van der Waals surface area contributed by atoms with Gasteiger partial charge in [-0.1, -0.05) is 17.7 Å². The molecule has 0 aliphatic carbocycles. The van der Waals surface area contributed by atoms with Crippen LogP contribution < -0.4 is 10.3 Å². The third-order valence-electron chi connectivity index (χ3n) is 4.32. The van der Waals surface area contributed by atoms with Crippen LogP contribution in [-0.2, 0) is 16.6 Å². The fourth-order valence-corrected chi connectivity index (χ4v) is 3.63. The molecule has 0 atom stereocenters. The van der Waals surface area contributed by atoms with Gasteiger partial charge in [0.15, 0.2) is 0 Å². The lowest BCUT2D eigenvalue weighted by atomic mass is 10.1. The van der Waals surface area contributed by atoms with Crippen molar-refractivity contribution in [2.75, 3.05) is 0 Å². The molecule has 0 bridgehead atoms. The van der Waals surface area contributed by atoms with Gasteiger partial charge in [-0.15, -0.1) is 0 Å². The molecule has 1 heterocycles. The summed E-state index contributed by atoms with van der Waals surface area (Å²) in [5.74, 6) is 0. The molecule has 0 saturated carbocycles. The van der Waals surface area contributed by atoms with Gasteiger partial charge < -0.3 is 4.98 Å². The zero-order valence-corrected chi connectivity index (χ0v) is 15.2. The van der Waals surface area contributed by atoms with Crippen LogP contribution in [0.25, 0.3) is 10.9 Å². The molecule has 0 radical (unpaired) electrons. The van der Waals surface area contributed by atoms with Crippen molar-refractivity contribution < 1.29 is 8.42 Å². The lowest BCUT2D eigenvalue weighted by molar-refractivity contribution is 0.581. The van der Waals surface area contributed by atoms with Crippen LogP contribution >= 0.6 is 0 Å². The number of hydrogen-bond acceptors (Lipinski definition) is 3. The zero-order valence-electron chi connectivity index (χ0n) is 14.4. The highest BCUT2D eigenvalue weighted by Crippen LogP contribution is 2.17. The van der Waals surface area contributed by atoms with Crippen LogP contribution in [0.3, 0.4) is 0 Å². The SMILES string of the molecule is Cc1ccc(S(=O)(=O)NCc2cc3cc(C)c(C)cc3[nH]c2=O)cc1. The number of hydrogen-bond donors (Lipinski definition) is 2. The van der Waals surface area contributed by atoms with Crippen molar-refractivity contribution in [1.82, 2.24) is 9.71 Å². The first kappa shape index (κ1) is 17.4. The van der Waals surface area contributed by atoms with E-state index in [1.54, 1.807) is 30.3 Å². The van der Waals surface area contributed by atoms with Crippen LogP contribution in [-0.4, -0.2) is 13.4 Å². The molecule has 25 heavy (non-hydrogen) atoms. The van der Waals surface area contributed by atoms with E-state index in [1.807, 2.05) is 32.9 Å². The maximum atomic E-state index is 12.4. The number of aromatic nitrogens is 1. The highest BCUT2D eigenvalue weighted by Gasteiger charge is 2.14. The van der Waals surface area contributed by atoms with Gasteiger partial charge in [0.25, 0.3) is 5.56 Å². The van der Waals surface area contributed by atoms with E-state index in [4.69, 9.17) is 0 Å². The summed E-state index contributed by atoms with van der Waals surface area (Å²) in [6.07, 6.45) is 0. The van der Waals surface area contributed by atoms with Crippen molar-refractivity contribution in [3.8, 4) is 0 Å². The predicted molar refractivity (Wildman–Crippen MR) is 99.2 cm³/mol. The Bertz CT molecular complexity index is 1100. The van der Waals surface area contributed by atoms with E-state index in [2.05, 4.69) is 9.71 Å². The first-order valence-electron chi connectivity index (χ1n) is 7.96. The van der Waals surface area contributed by atoms with Crippen molar-refractivity contribution >= 4 is 20.9 Å². The molecule has 0 fully saturated rings. The molecular formula is C19H20N2O3S. The molecule has 0 spiro atoms. The van der Waals surface area contributed by atoms with Gasteiger partial charge in [0.05, 0.1) is 4.90 Å². The largest absolute Gasteiger partial charge is 0.322 e. The summed E-state index contributed by atoms with van der Waals surface area (Å²) >= 11 is 0. The summed E-state index contributed by atoms with van der Waals surface area (Å²) in [4.78, 5) is 15.2. The normalized spacial score (nSPS) is 11.8. The molecule has 3 rings (SSSR count). The minimum atomic E-state index is -3.66. The molecular weight excluding hydrogens is 336 g/mol. The average Bonchev–Trinajstić information content (AvgIpc) is 2.55. The van der Waals surface area contributed by atoms with E-state index in [-0.39, 0.29) is 17.0 Å². The second-order valence-electron chi connectivity index (χ2n) is 6.29. The maximum Gasteiger partial charge on any atom is 0.252 e. The lowest BCUT2D eigenvalue weighted by Crippen LogP contribution is -2.27. The molecule has 130 valence electrons. The summed E-state index contributed by atoms with van der Waals surface area (Å²) < 4.78 is 27.2. The monoisotopic (exact) mass is 356 g/mol. The van der Waals surface area contributed by atoms with Gasteiger partial charge in [-0.25, -0.2) is 13.1 Å². The summed E-state index contributed by atoms with van der Waals surface area (Å²) in [6.45, 7) is 5.81. The number of rotatable bonds is 4. The fraction of sp³-hybridized carbons (Fsp3) is 0.211. The molecule has 0 aliphatic heterocycles. The number of nitrogens with one attached hydrogen (secondary N) is 2. The number of benzene rings is 2. The number of aromatic amines is 1. The standard InChI is InChI=1S/C19H20N2O3S/c1-12-4-6-17(7-5-12)25(23,24)20-11-16-10-15-8-13(2)14(3)9-18(15)21-19(16)22/h4-10,20H,11H2,1-3H3,(H,21,22). The predicted octanol–water partition coefficient (Wildman–Crippen LogP) is 2.93. The summed E-state index contributed by atoms with van der Waals surface area (Å²) in [5, 5.41) is 0.882. The number of fused-ring (bicyclic) bond motifs is 1. The van der Waals surface area contributed by atoms with Gasteiger partial charge in [-0.2, -0.15) is 0 Å². The van der Waals surface area contributed by atoms with E-state index in [0.29, 0.717) is 5.56 Å². The number of sulfonamides is 1. The molecule has 1 aromatic heterocycles. The first-order chi connectivity index (χ1) is 11.8. The Balaban J connectivity index is 1.90. The van der Waals surface area contributed by atoms with Crippen LogP contribution in [0.5, 0.6) is 0 Å². The highest BCUT2D eigenvalue weighted by molar-refractivity contribution is 7.89. The molecule has 3 aromatic rings. The minimum Gasteiger partial charge on any atom is -0.322 e. The van der Waals surface area contributed by atoms with Crippen LogP contribution in [0, 0.1) is 20.8 Å².